The summed E-state index contributed by atoms with van der Waals surface area (Å²) >= 11 is 5.75. The standard InChI is InChI=1S/C13H8ClFN4O/c14-7-1-4-11(17-6-7)12-18-13(20-19-12)9-5-8(16)2-3-10(9)15/h1-6H,16H2. The first-order valence-electron chi connectivity index (χ1n) is 5.64. The van der Waals surface area contributed by atoms with Crippen LogP contribution in [0.4, 0.5) is 10.1 Å². The van der Waals surface area contributed by atoms with Gasteiger partial charge in [-0.3, -0.25) is 4.98 Å². The van der Waals surface area contributed by atoms with Crippen LogP contribution in [0.3, 0.4) is 0 Å². The molecule has 5 nitrogen and oxygen atoms in total. The number of aromatic nitrogens is 3. The zero-order chi connectivity index (χ0) is 14.1. The summed E-state index contributed by atoms with van der Waals surface area (Å²) in [6.45, 7) is 0. The van der Waals surface area contributed by atoms with Crippen molar-refractivity contribution in [1.82, 2.24) is 15.1 Å². The minimum absolute atomic E-state index is 0.0431. The SMILES string of the molecule is Nc1ccc(F)c(-c2nc(-c3ccc(Cl)cn3)no2)c1. The van der Waals surface area contributed by atoms with E-state index in [9.17, 15) is 4.39 Å². The van der Waals surface area contributed by atoms with Crippen LogP contribution in [0.15, 0.2) is 41.1 Å². The zero-order valence-electron chi connectivity index (χ0n) is 10.0. The summed E-state index contributed by atoms with van der Waals surface area (Å²) in [5.74, 6) is -0.196. The summed E-state index contributed by atoms with van der Waals surface area (Å²) in [6, 6.07) is 7.43. The van der Waals surface area contributed by atoms with Crippen molar-refractivity contribution in [2.45, 2.75) is 0 Å². The van der Waals surface area contributed by atoms with E-state index in [1.54, 1.807) is 12.1 Å². The number of pyridine rings is 1. The van der Waals surface area contributed by atoms with Crippen LogP contribution in [0.2, 0.25) is 5.02 Å². The normalized spacial score (nSPS) is 10.7. The lowest BCUT2D eigenvalue weighted by atomic mass is 10.2. The Hall–Kier alpha value is -2.47. The van der Waals surface area contributed by atoms with Crippen molar-refractivity contribution in [2.24, 2.45) is 0 Å². The monoisotopic (exact) mass is 290 g/mol. The number of rotatable bonds is 2. The lowest BCUT2D eigenvalue weighted by molar-refractivity contribution is 0.429. The fourth-order valence-electron chi connectivity index (χ4n) is 1.65. The van der Waals surface area contributed by atoms with Crippen LogP contribution in [0, 0.1) is 5.82 Å². The maximum absolute atomic E-state index is 13.7. The van der Waals surface area contributed by atoms with Crippen LogP contribution in [0.25, 0.3) is 23.0 Å². The molecule has 1 aromatic carbocycles. The Morgan fingerprint density at radius 3 is 2.80 bits per heavy atom. The molecule has 2 N–H and O–H groups in total. The van der Waals surface area contributed by atoms with Gasteiger partial charge in [0.05, 0.1) is 10.6 Å². The molecule has 0 aliphatic heterocycles. The number of nitrogens with two attached hydrogens (primary N) is 1. The van der Waals surface area contributed by atoms with E-state index in [-0.39, 0.29) is 17.3 Å². The number of hydrogen-bond donors (Lipinski definition) is 1. The molecule has 2 heterocycles. The average Bonchev–Trinajstić information content (AvgIpc) is 2.92. The van der Waals surface area contributed by atoms with Gasteiger partial charge in [0.25, 0.3) is 5.89 Å². The highest BCUT2D eigenvalue weighted by Gasteiger charge is 2.15. The second-order valence-corrected chi connectivity index (χ2v) is 4.46. The van der Waals surface area contributed by atoms with Crippen molar-refractivity contribution in [3.63, 3.8) is 0 Å². The molecule has 7 heteroatoms. The van der Waals surface area contributed by atoms with E-state index < -0.39 is 5.82 Å². The molecule has 0 spiro atoms. The number of hydrogen-bond acceptors (Lipinski definition) is 5. The van der Waals surface area contributed by atoms with E-state index in [0.717, 1.165) is 0 Å². The summed E-state index contributed by atoms with van der Waals surface area (Å²) in [4.78, 5) is 8.16. The Morgan fingerprint density at radius 2 is 2.05 bits per heavy atom. The fraction of sp³-hybridized carbons (Fsp3) is 0. The highest BCUT2D eigenvalue weighted by molar-refractivity contribution is 6.30. The third-order valence-corrected chi connectivity index (χ3v) is 2.83. The van der Waals surface area contributed by atoms with E-state index in [0.29, 0.717) is 16.4 Å². The van der Waals surface area contributed by atoms with E-state index in [4.69, 9.17) is 21.9 Å². The predicted octanol–water partition coefficient (Wildman–Crippen LogP) is 3.17. The summed E-state index contributed by atoms with van der Waals surface area (Å²) in [7, 11) is 0. The van der Waals surface area contributed by atoms with Gasteiger partial charge in [0.15, 0.2) is 0 Å². The first-order chi connectivity index (χ1) is 9.63. The van der Waals surface area contributed by atoms with Gasteiger partial charge >= 0.3 is 0 Å². The van der Waals surface area contributed by atoms with E-state index in [2.05, 4.69) is 15.1 Å². The molecule has 0 saturated heterocycles. The van der Waals surface area contributed by atoms with Crippen molar-refractivity contribution in [3.05, 3.63) is 47.4 Å². The third kappa shape index (κ3) is 2.33. The van der Waals surface area contributed by atoms with Gasteiger partial charge in [-0.15, -0.1) is 0 Å². The lowest BCUT2D eigenvalue weighted by Crippen LogP contribution is -1.90. The number of nitrogen functional groups attached to an aromatic ring is 1. The Kier molecular flexibility index (Phi) is 3.08. The quantitative estimate of drug-likeness (QED) is 0.733. The molecule has 2 aromatic heterocycles. The Balaban J connectivity index is 2.01. The molecule has 0 radical (unpaired) electrons. The first kappa shape index (κ1) is 12.6. The number of nitrogens with zero attached hydrogens (tertiary/aromatic N) is 3. The van der Waals surface area contributed by atoms with Gasteiger partial charge in [-0.25, -0.2) is 4.39 Å². The average molecular weight is 291 g/mol. The Labute approximate surface area is 118 Å². The van der Waals surface area contributed by atoms with Gasteiger partial charge in [-0.05, 0) is 30.3 Å². The van der Waals surface area contributed by atoms with Crippen molar-refractivity contribution < 1.29 is 8.91 Å². The van der Waals surface area contributed by atoms with Crippen LogP contribution in [-0.2, 0) is 0 Å². The molecular weight excluding hydrogens is 283 g/mol. The number of anilines is 1. The molecule has 0 aliphatic carbocycles. The topological polar surface area (TPSA) is 77.8 Å². The second-order valence-electron chi connectivity index (χ2n) is 4.02. The van der Waals surface area contributed by atoms with E-state index >= 15 is 0 Å². The first-order valence-corrected chi connectivity index (χ1v) is 6.02. The van der Waals surface area contributed by atoms with Gasteiger partial charge in [-0.1, -0.05) is 16.8 Å². The van der Waals surface area contributed by atoms with Gasteiger partial charge in [0.2, 0.25) is 5.82 Å². The van der Waals surface area contributed by atoms with Crippen molar-refractivity contribution >= 4 is 17.3 Å². The minimum Gasteiger partial charge on any atom is -0.399 e. The molecule has 0 unspecified atom stereocenters. The largest absolute Gasteiger partial charge is 0.399 e. The Morgan fingerprint density at radius 1 is 1.20 bits per heavy atom. The minimum atomic E-state index is -0.488. The summed E-state index contributed by atoms with van der Waals surface area (Å²) in [5, 5.41) is 4.26. The van der Waals surface area contributed by atoms with E-state index in [1.807, 2.05) is 0 Å². The molecule has 3 aromatic rings. The molecule has 100 valence electrons. The highest BCUT2D eigenvalue weighted by Crippen LogP contribution is 2.25. The van der Waals surface area contributed by atoms with Crippen LogP contribution in [0.1, 0.15) is 0 Å². The summed E-state index contributed by atoms with van der Waals surface area (Å²) < 4.78 is 18.7. The molecular formula is C13H8ClFN4O. The maximum Gasteiger partial charge on any atom is 0.261 e. The molecule has 0 aliphatic rings. The van der Waals surface area contributed by atoms with Crippen molar-refractivity contribution in [2.75, 3.05) is 5.73 Å². The number of halogens is 2. The van der Waals surface area contributed by atoms with Crippen LogP contribution in [0.5, 0.6) is 0 Å². The van der Waals surface area contributed by atoms with Crippen LogP contribution >= 0.6 is 11.6 Å². The molecule has 0 fully saturated rings. The van der Waals surface area contributed by atoms with Crippen LogP contribution < -0.4 is 5.73 Å². The van der Waals surface area contributed by atoms with Crippen molar-refractivity contribution in [1.29, 1.82) is 0 Å². The molecule has 20 heavy (non-hydrogen) atoms. The zero-order valence-corrected chi connectivity index (χ0v) is 10.8. The molecule has 0 amide bonds. The summed E-state index contributed by atoms with van der Waals surface area (Å²) in [6.07, 6.45) is 1.47. The second kappa shape index (κ2) is 4.90. The molecule has 3 rings (SSSR count). The maximum atomic E-state index is 13.7. The predicted molar refractivity (Wildman–Crippen MR) is 72.3 cm³/mol. The Bertz CT molecular complexity index is 757. The lowest BCUT2D eigenvalue weighted by Gasteiger charge is -1.98. The van der Waals surface area contributed by atoms with Gasteiger partial charge < -0.3 is 10.3 Å². The van der Waals surface area contributed by atoms with Gasteiger partial charge in [0.1, 0.15) is 11.5 Å². The van der Waals surface area contributed by atoms with Crippen molar-refractivity contribution in [3.8, 4) is 23.0 Å². The molecule has 0 atom stereocenters. The molecule has 0 saturated carbocycles. The van der Waals surface area contributed by atoms with Gasteiger partial charge in [-0.2, -0.15) is 4.98 Å². The highest BCUT2D eigenvalue weighted by atomic mass is 35.5. The van der Waals surface area contributed by atoms with Crippen LogP contribution in [-0.4, -0.2) is 15.1 Å². The van der Waals surface area contributed by atoms with E-state index in [1.165, 1.54) is 24.4 Å². The third-order valence-electron chi connectivity index (χ3n) is 2.60. The van der Waals surface area contributed by atoms with Gasteiger partial charge in [0, 0.05) is 11.9 Å². The number of benzene rings is 1. The summed E-state index contributed by atoms with van der Waals surface area (Å²) in [5.41, 5.74) is 6.65. The fourth-order valence-corrected chi connectivity index (χ4v) is 1.76. The molecule has 0 bridgehead atoms. The smallest absolute Gasteiger partial charge is 0.261 e.